The molecule has 2 rings (SSSR count). The van der Waals surface area contributed by atoms with Crippen molar-refractivity contribution in [3.63, 3.8) is 0 Å². The first-order valence-corrected chi connectivity index (χ1v) is 4.94. The average molecular weight is 213 g/mol. The molecule has 1 aromatic heterocycles. The maximum absolute atomic E-state index is 8.61. The molecule has 0 amide bonds. The highest BCUT2D eigenvalue weighted by Gasteiger charge is 2.08. The molecule has 2 aromatic rings. The van der Waals surface area contributed by atoms with Crippen molar-refractivity contribution in [3.05, 3.63) is 41.8 Å². The number of aliphatic hydroxyl groups is 1. The second kappa shape index (κ2) is 4.65. The predicted molar refractivity (Wildman–Crippen MR) is 60.6 cm³/mol. The molecular formula is C13H11NO2. The fraction of sp³-hybridized carbons (Fsp3) is 0.154. The minimum atomic E-state index is -0.174. The van der Waals surface area contributed by atoms with Gasteiger partial charge in [-0.1, -0.05) is 24.1 Å². The van der Waals surface area contributed by atoms with Crippen LogP contribution in [0.5, 0.6) is 0 Å². The lowest BCUT2D eigenvalue weighted by Crippen LogP contribution is -1.80. The van der Waals surface area contributed by atoms with Crippen molar-refractivity contribution >= 4 is 0 Å². The number of hydrogen-bond donors (Lipinski definition) is 1. The third-order valence-corrected chi connectivity index (χ3v) is 2.10. The van der Waals surface area contributed by atoms with Crippen LogP contribution in [-0.4, -0.2) is 16.7 Å². The summed E-state index contributed by atoms with van der Waals surface area (Å²) in [5.41, 5.74) is 1.50. The molecule has 0 unspecified atom stereocenters. The van der Waals surface area contributed by atoms with E-state index in [1.54, 1.807) is 6.92 Å². The number of hydrogen-bond acceptors (Lipinski definition) is 3. The lowest BCUT2D eigenvalue weighted by molar-refractivity contribution is 0.350. The summed E-state index contributed by atoms with van der Waals surface area (Å²) in [6.07, 6.45) is 0. The molecule has 16 heavy (non-hydrogen) atoms. The summed E-state index contributed by atoms with van der Waals surface area (Å²) >= 11 is 0. The molecule has 3 heteroatoms. The van der Waals surface area contributed by atoms with Gasteiger partial charge in [0.2, 0.25) is 5.89 Å². The van der Waals surface area contributed by atoms with Crippen molar-refractivity contribution in [2.24, 2.45) is 0 Å². The Hall–Kier alpha value is -2.05. The number of aromatic nitrogens is 1. The Balaban J connectivity index is 2.38. The van der Waals surface area contributed by atoms with E-state index < -0.39 is 0 Å². The first kappa shape index (κ1) is 10.5. The smallest absolute Gasteiger partial charge is 0.227 e. The molecule has 1 N–H and O–H groups in total. The van der Waals surface area contributed by atoms with Crippen LogP contribution in [-0.2, 0) is 0 Å². The number of aryl methyl sites for hydroxylation is 1. The van der Waals surface area contributed by atoms with E-state index in [2.05, 4.69) is 16.8 Å². The molecule has 0 aliphatic carbocycles. The van der Waals surface area contributed by atoms with Crippen molar-refractivity contribution in [2.45, 2.75) is 6.92 Å². The highest BCUT2D eigenvalue weighted by molar-refractivity contribution is 5.54. The summed E-state index contributed by atoms with van der Waals surface area (Å²) < 4.78 is 5.50. The largest absolute Gasteiger partial charge is 0.440 e. The van der Waals surface area contributed by atoms with Crippen LogP contribution in [0.3, 0.4) is 0 Å². The molecule has 0 spiro atoms. The molecule has 0 fully saturated rings. The van der Waals surface area contributed by atoms with Crippen LogP contribution >= 0.6 is 0 Å². The summed E-state index contributed by atoms with van der Waals surface area (Å²) in [7, 11) is 0. The van der Waals surface area contributed by atoms with Gasteiger partial charge in [-0.2, -0.15) is 0 Å². The Morgan fingerprint density at radius 3 is 2.75 bits per heavy atom. The molecule has 1 aromatic carbocycles. The third kappa shape index (κ3) is 2.13. The standard InChI is InChI=1S/C13H11NO2/c1-10-12(8-5-9-15)14-13(16-10)11-6-3-2-4-7-11/h2-4,6-7,15H,9H2,1H3. The number of benzene rings is 1. The first-order valence-electron chi connectivity index (χ1n) is 4.94. The number of rotatable bonds is 1. The second-order valence-electron chi connectivity index (χ2n) is 3.25. The SMILES string of the molecule is Cc1oc(-c2ccccc2)nc1C#CCO. The van der Waals surface area contributed by atoms with Gasteiger partial charge in [-0.05, 0) is 25.0 Å². The van der Waals surface area contributed by atoms with E-state index >= 15 is 0 Å². The summed E-state index contributed by atoms with van der Waals surface area (Å²) in [6.45, 7) is 1.63. The van der Waals surface area contributed by atoms with Crippen LogP contribution < -0.4 is 0 Å². The fourth-order valence-corrected chi connectivity index (χ4v) is 1.34. The maximum Gasteiger partial charge on any atom is 0.227 e. The van der Waals surface area contributed by atoms with Gasteiger partial charge in [-0.3, -0.25) is 0 Å². The minimum absolute atomic E-state index is 0.174. The molecule has 80 valence electrons. The molecule has 0 aliphatic heterocycles. The zero-order valence-electron chi connectivity index (χ0n) is 8.90. The van der Waals surface area contributed by atoms with Gasteiger partial charge in [-0.15, -0.1) is 0 Å². The Bertz CT molecular complexity index is 532. The molecule has 0 saturated carbocycles. The molecule has 0 radical (unpaired) electrons. The molecule has 0 aliphatic rings. The fourth-order valence-electron chi connectivity index (χ4n) is 1.34. The second-order valence-corrected chi connectivity index (χ2v) is 3.25. The lowest BCUT2D eigenvalue weighted by atomic mass is 10.2. The highest BCUT2D eigenvalue weighted by Crippen LogP contribution is 2.20. The lowest BCUT2D eigenvalue weighted by Gasteiger charge is -1.91. The van der Waals surface area contributed by atoms with Gasteiger partial charge < -0.3 is 9.52 Å². The number of nitrogens with zero attached hydrogens (tertiary/aromatic N) is 1. The van der Waals surface area contributed by atoms with Gasteiger partial charge in [-0.25, -0.2) is 4.98 Å². The van der Waals surface area contributed by atoms with Gasteiger partial charge in [0.1, 0.15) is 12.4 Å². The summed E-state index contributed by atoms with van der Waals surface area (Å²) in [4.78, 5) is 4.27. The van der Waals surface area contributed by atoms with Crippen molar-refractivity contribution in [1.82, 2.24) is 4.98 Å². The summed E-state index contributed by atoms with van der Waals surface area (Å²) in [5, 5.41) is 8.61. The van der Waals surface area contributed by atoms with Crippen LogP contribution in [0.25, 0.3) is 11.5 Å². The maximum atomic E-state index is 8.61. The Morgan fingerprint density at radius 2 is 2.06 bits per heavy atom. The first-order chi connectivity index (χ1) is 7.81. The third-order valence-electron chi connectivity index (χ3n) is 2.10. The molecule has 3 nitrogen and oxygen atoms in total. The van der Waals surface area contributed by atoms with Crippen molar-refractivity contribution < 1.29 is 9.52 Å². The predicted octanol–water partition coefficient (Wildman–Crippen LogP) is 1.99. The molecule has 0 bridgehead atoms. The van der Waals surface area contributed by atoms with E-state index in [-0.39, 0.29) is 6.61 Å². The van der Waals surface area contributed by atoms with E-state index in [1.165, 1.54) is 0 Å². The van der Waals surface area contributed by atoms with Gasteiger partial charge in [0, 0.05) is 5.56 Å². The summed E-state index contributed by atoms with van der Waals surface area (Å²) in [6, 6.07) is 9.64. The molecular weight excluding hydrogens is 202 g/mol. The van der Waals surface area contributed by atoms with Gasteiger partial charge in [0.15, 0.2) is 5.69 Å². The normalized spacial score (nSPS) is 9.62. The van der Waals surface area contributed by atoms with Gasteiger partial charge in [0.25, 0.3) is 0 Å². The highest BCUT2D eigenvalue weighted by atomic mass is 16.4. The van der Waals surface area contributed by atoms with E-state index in [0.717, 1.165) is 5.56 Å². The van der Waals surface area contributed by atoms with E-state index in [1.807, 2.05) is 30.3 Å². The zero-order chi connectivity index (χ0) is 11.4. The van der Waals surface area contributed by atoms with E-state index in [0.29, 0.717) is 17.3 Å². The van der Waals surface area contributed by atoms with Gasteiger partial charge in [0.05, 0.1) is 0 Å². The van der Waals surface area contributed by atoms with Crippen molar-refractivity contribution in [1.29, 1.82) is 0 Å². The molecule has 1 heterocycles. The van der Waals surface area contributed by atoms with Crippen LogP contribution in [0, 0.1) is 18.8 Å². The monoisotopic (exact) mass is 213 g/mol. The van der Waals surface area contributed by atoms with Crippen LogP contribution in [0.1, 0.15) is 11.5 Å². The van der Waals surface area contributed by atoms with Crippen LogP contribution in [0.15, 0.2) is 34.7 Å². The summed E-state index contributed by atoms with van der Waals surface area (Å²) in [5.74, 6) is 6.52. The minimum Gasteiger partial charge on any atom is -0.440 e. The molecule has 0 atom stereocenters. The van der Waals surface area contributed by atoms with E-state index in [4.69, 9.17) is 9.52 Å². The van der Waals surface area contributed by atoms with Crippen molar-refractivity contribution in [2.75, 3.05) is 6.61 Å². The van der Waals surface area contributed by atoms with E-state index in [9.17, 15) is 0 Å². The Kier molecular flexibility index (Phi) is 3.04. The number of aliphatic hydroxyl groups excluding tert-OH is 1. The van der Waals surface area contributed by atoms with Gasteiger partial charge >= 0.3 is 0 Å². The average Bonchev–Trinajstić information content (AvgIpc) is 2.69. The Morgan fingerprint density at radius 1 is 1.31 bits per heavy atom. The van der Waals surface area contributed by atoms with Crippen molar-refractivity contribution in [3.8, 4) is 23.3 Å². The zero-order valence-corrected chi connectivity index (χ0v) is 8.90. The van der Waals surface area contributed by atoms with Crippen LogP contribution in [0.2, 0.25) is 0 Å². The van der Waals surface area contributed by atoms with Crippen LogP contribution in [0.4, 0.5) is 0 Å². The molecule has 0 saturated heterocycles. The quantitative estimate of drug-likeness (QED) is 0.737. The Labute approximate surface area is 93.8 Å². The topological polar surface area (TPSA) is 46.3 Å². The number of oxazole rings is 1.